The van der Waals surface area contributed by atoms with Gasteiger partial charge in [0.15, 0.2) is 0 Å². The fourth-order valence-electron chi connectivity index (χ4n) is 0.959. The molecule has 0 N–H and O–H groups in total. The van der Waals surface area contributed by atoms with Crippen LogP contribution in [0.5, 0.6) is 0 Å². The van der Waals surface area contributed by atoms with E-state index in [4.69, 9.17) is 0 Å². The van der Waals surface area contributed by atoms with E-state index in [2.05, 4.69) is 22.8 Å². The fourth-order valence-corrected chi connectivity index (χ4v) is 1.11. The van der Waals surface area contributed by atoms with Crippen LogP contribution in [-0.2, 0) is 0 Å². The Labute approximate surface area is 75.5 Å². The molecule has 0 spiro atoms. The van der Waals surface area contributed by atoms with Gasteiger partial charge in [-0.2, -0.15) is 0 Å². The van der Waals surface area contributed by atoms with Crippen molar-refractivity contribution in [1.29, 1.82) is 0 Å². The van der Waals surface area contributed by atoms with Crippen LogP contribution in [0.4, 0.5) is 0 Å². The molecule has 0 aliphatic carbocycles. The van der Waals surface area contributed by atoms with Crippen LogP contribution in [0.15, 0.2) is 41.8 Å². The van der Waals surface area contributed by atoms with Crippen LogP contribution in [0.25, 0.3) is 5.69 Å². The second-order valence-electron chi connectivity index (χ2n) is 2.39. The average molecular weight is 177 g/mol. The number of thiol groups is 1. The van der Waals surface area contributed by atoms with Crippen molar-refractivity contribution >= 4 is 12.6 Å². The van der Waals surface area contributed by atoms with E-state index in [1.54, 1.807) is 12.7 Å². The molecule has 0 aliphatic heterocycles. The Balaban J connectivity index is 2.43. The van der Waals surface area contributed by atoms with Crippen molar-refractivity contribution in [2.24, 2.45) is 0 Å². The Hall–Kier alpha value is -1.29. The Bertz CT molecular complexity index is 352. The molecule has 0 amide bonds. The van der Waals surface area contributed by atoms with Crippen LogP contribution in [0.3, 0.4) is 0 Å². The summed E-state index contributed by atoms with van der Waals surface area (Å²) in [6.07, 6.45) is 3.32. The molecule has 0 saturated heterocycles. The second kappa shape index (κ2) is 2.98. The van der Waals surface area contributed by atoms with Gasteiger partial charge in [0, 0.05) is 10.6 Å². The van der Waals surface area contributed by atoms with Gasteiger partial charge < -0.3 is 0 Å². The minimum absolute atomic E-state index is 0.951. The normalized spacial score (nSPS) is 10.1. The summed E-state index contributed by atoms with van der Waals surface area (Å²) in [5.74, 6) is 0. The first kappa shape index (κ1) is 7.36. The highest BCUT2D eigenvalue weighted by Crippen LogP contribution is 2.10. The molecule has 1 aromatic carbocycles. The van der Waals surface area contributed by atoms with Crippen molar-refractivity contribution in [3.05, 3.63) is 36.9 Å². The maximum atomic E-state index is 4.19. The first-order valence-electron chi connectivity index (χ1n) is 3.50. The monoisotopic (exact) mass is 177 g/mol. The molecule has 0 radical (unpaired) electrons. The number of benzene rings is 1. The smallest absolute Gasteiger partial charge is 0.123 e. The lowest BCUT2D eigenvalue weighted by atomic mass is 10.3. The lowest BCUT2D eigenvalue weighted by Gasteiger charge is -1.99. The highest BCUT2D eigenvalue weighted by molar-refractivity contribution is 7.80. The van der Waals surface area contributed by atoms with E-state index < -0.39 is 0 Å². The van der Waals surface area contributed by atoms with Crippen molar-refractivity contribution in [1.82, 2.24) is 14.8 Å². The number of hydrogen-bond donors (Lipinski definition) is 1. The van der Waals surface area contributed by atoms with Crippen molar-refractivity contribution in [2.75, 3.05) is 0 Å². The van der Waals surface area contributed by atoms with Crippen LogP contribution >= 0.6 is 12.6 Å². The van der Waals surface area contributed by atoms with Gasteiger partial charge in [-0.05, 0) is 24.3 Å². The predicted molar refractivity (Wildman–Crippen MR) is 48.6 cm³/mol. The fraction of sp³-hybridized carbons (Fsp3) is 0. The topological polar surface area (TPSA) is 30.7 Å². The van der Waals surface area contributed by atoms with Crippen molar-refractivity contribution in [2.45, 2.75) is 4.90 Å². The number of nitrogens with zero attached hydrogens (tertiary/aromatic N) is 3. The first-order valence-corrected chi connectivity index (χ1v) is 3.95. The molecule has 0 saturated carbocycles. The third-order valence-corrected chi connectivity index (χ3v) is 1.86. The van der Waals surface area contributed by atoms with Crippen LogP contribution in [0.2, 0.25) is 0 Å². The molecular formula is C8H7N3S. The molecule has 60 valence electrons. The lowest BCUT2D eigenvalue weighted by molar-refractivity contribution is 1.05. The summed E-state index contributed by atoms with van der Waals surface area (Å²) < 4.78 is 1.84. The highest BCUT2D eigenvalue weighted by Gasteiger charge is 1.93. The van der Waals surface area contributed by atoms with E-state index >= 15 is 0 Å². The minimum Gasteiger partial charge on any atom is -0.288 e. The van der Waals surface area contributed by atoms with E-state index in [1.807, 2.05) is 28.8 Å². The molecule has 1 aromatic heterocycles. The van der Waals surface area contributed by atoms with Gasteiger partial charge >= 0.3 is 0 Å². The molecule has 1 heterocycles. The van der Waals surface area contributed by atoms with Gasteiger partial charge in [0.05, 0.1) is 0 Å². The summed E-state index contributed by atoms with van der Waals surface area (Å²) in [6.45, 7) is 0. The first-order chi connectivity index (χ1) is 5.86. The molecule has 0 unspecified atom stereocenters. The molecule has 2 aromatic rings. The molecule has 0 aliphatic rings. The zero-order valence-corrected chi connectivity index (χ0v) is 7.15. The summed E-state index contributed by atoms with van der Waals surface area (Å²) in [7, 11) is 0. The highest BCUT2D eigenvalue weighted by atomic mass is 32.1. The van der Waals surface area contributed by atoms with Crippen molar-refractivity contribution in [3.63, 3.8) is 0 Å². The van der Waals surface area contributed by atoms with Crippen LogP contribution in [0, 0.1) is 0 Å². The lowest BCUT2D eigenvalue weighted by Crippen LogP contribution is -1.88. The molecule has 2 rings (SSSR count). The van der Waals surface area contributed by atoms with Crippen molar-refractivity contribution < 1.29 is 0 Å². The van der Waals surface area contributed by atoms with Crippen molar-refractivity contribution in [3.8, 4) is 5.69 Å². The standard InChI is InChI=1S/C8H7N3S/c12-8-3-1-7(2-4-8)11-5-9-10-6-11/h1-6,12H. The van der Waals surface area contributed by atoms with E-state index in [-0.39, 0.29) is 0 Å². The average Bonchev–Trinajstić information content (AvgIpc) is 2.58. The molecule has 0 atom stereocenters. The quantitative estimate of drug-likeness (QED) is 0.670. The van der Waals surface area contributed by atoms with Gasteiger partial charge in [-0.15, -0.1) is 22.8 Å². The maximum absolute atomic E-state index is 4.19. The molecule has 3 nitrogen and oxygen atoms in total. The zero-order chi connectivity index (χ0) is 8.39. The number of hydrogen-bond acceptors (Lipinski definition) is 3. The summed E-state index contributed by atoms with van der Waals surface area (Å²) in [4.78, 5) is 0.951. The van der Waals surface area contributed by atoms with Gasteiger partial charge in [-0.25, -0.2) is 0 Å². The van der Waals surface area contributed by atoms with Gasteiger partial charge in [-0.3, -0.25) is 4.57 Å². The third-order valence-electron chi connectivity index (χ3n) is 1.57. The molecule has 0 fully saturated rings. The van der Waals surface area contributed by atoms with Gasteiger partial charge in [0.25, 0.3) is 0 Å². The molecule has 12 heavy (non-hydrogen) atoms. The molecule has 0 bridgehead atoms. The summed E-state index contributed by atoms with van der Waals surface area (Å²) in [5.41, 5.74) is 1.04. The molecule has 4 heteroatoms. The summed E-state index contributed by atoms with van der Waals surface area (Å²) in [5, 5.41) is 7.43. The van der Waals surface area contributed by atoms with E-state index in [1.165, 1.54) is 0 Å². The van der Waals surface area contributed by atoms with Gasteiger partial charge in [0.2, 0.25) is 0 Å². The number of aromatic nitrogens is 3. The predicted octanol–water partition coefficient (Wildman–Crippen LogP) is 1.56. The van der Waals surface area contributed by atoms with Crippen LogP contribution in [-0.4, -0.2) is 14.8 Å². The Kier molecular flexibility index (Phi) is 1.83. The summed E-state index contributed by atoms with van der Waals surface area (Å²) in [6, 6.07) is 7.79. The van der Waals surface area contributed by atoms with E-state index in [9.17, 15) is 0 Å². The third kappa shape index (κ3) is 1.33. The maximum Gasteiger partial charge on any atom is 0.123 e. The van der Waals surface area contributed by atoms with E-state index in [0.717, 1.165) is 10.6 Å². The molecular weight excluding hydrogens is 170 g/mol. The summed E-state index contributed by atoms with van der Waals surface area (Å²) >= 11 is 4.19. The van der Waals surface area contributed by atoms with Crippen LogP contribution in [0.1, 0.15) is 0 Å². The van der Waals surface area contributed by atoms with Crippen LogP contribution < -0.4 is 0 Å². The van der Waals surface area contributed by atoms with Gasteiger partial charge in [-0.1, -0.05) is 0 Å². The Morgan fingerprint density at radius 2 is 1.58 bits per heavy atom. The number of rotatable bonds is 1. The minimum atomic E-state index is 0.951. The second-order valence-corrected chi connectivity index (χ2v) is 2.90. The SMILES string of the molecule is Sc1ccc(-n2cnnc2)cc1. The largest absolute Gasteiger partial charge is 0.288 e. The van der Waals surface area contributed by atoms with Gasteiger partial charge in [0.1, 0.15) is 12.7 Å². The Morgan fingerprint density at radius 3 is 2.17 bits per heavy atom. The zero-order valence-electron chi connectivity index (χ0n) is 6.25. The van der Waals surface area contributed by atoms with E-state index in [0.29, 0.717) is 0 Å². The Morgan fingerprint density at radius 1 is 1.00 bits per heavy atom.